The summed E-state index contributed by atoms with van der Waals surface area (Å²) in [4.78, 5) is 16.0. The van der Waals surface area contributed by atoms with Gasteiger partial charge >= 0.3 is 0 Å². The number of hydrogen-bond acceptors (Lipinski definition) is 3. The molecule has 0 aliphatic carbocycles. The maximum Gasteiger partial charge on any atom is 0.159 e. The maximum absolute atomic E-state index is 11.3. The third kappa shape index (κ3) is 3.31. The van der Waals surface area contributed by atoms with Gasteiger partial charge < -0.3 is 4.90 Å². The minimum absolute atomic E-state index is 0.0584. The Hall–Kier alpha value is -0.900. The first-order chi connectivity index (χ1) is 8.56. The van der Waals surface area contributed by atoms with E-state index in [1.165, 1.54) is 0 Å². The summed E-state index contributed by atoms with van der Waals surface area (Å²) in [5.41, 5.74) is 1.79. The van der Waals surface area contributed by atoms with Crippen LogP contribution in [0.15, 0.2) is 18.2 Å². The van der Waals surface area contributed by atoms with Crippen LogP contribution < -0.4 is 0 Å². The monoisotopic (exact) mass is 266 g/mol. The zero-order chi connectivity index (χ0) is 13.1. The number of hydrogen-bond donors (Lipinski definition) is 0. The predicted octanol–water partition coefficient (Wildman–Crippen LogP) is 2.29. The van der Waals surface area contributed by atoms with Gasteiger partial charge in [-0.15, -0.1) is 0 Å². The Morgan fingerprint density at radius 1 is 1.28 bits per heavy atom. The molecule has 1 aliphatic heterocycles. The lowest BCUT2D eigenvalue weighted by Crippen LogP contribution is -2.43. The highest BCUT2D eigenvalue weighted by Gasteiger charge is 2.15. The largest absolute Gasteiger partial charge is 0.304 e. The molecule has 1 aromatic carbocycles. The lowest BCUT2D eigenvalue weighted by molar-refractivity contribution is 0.101. The van der Waals surface area contributed by atoms with Gasteiger partial charge in [-0.25, -0.2) is 0 Å². The summed E-state index contributed by atoms with van der Waals surface area (Å²) in [6.07, 6.45) is 0. The van der Waals surface area contributed by atoms with Crippen LogP contribution in [0, 0.1) is 0 Å². The number of benzene rings is 1. The van der Waals surface area contributed by atoms with Crippen LogP contribution in [0.2, 0.25) is 5.02 Å². The molecule has 98 valence electrons. The summed E-state index contributed by atoms with van der Waals surface area (Å²) in [5.74, 6) is 0.0584. The summed E-state index contributed by atoms with van der Waals surface area (Å²) in [7, 11) is 2.14. The number of ketones is 1. The number of likely N-dealkylation sites (N-methyl/N-ethyl adjacent to an activating group) is 1. The molecule has 1 aromatic rings. The SMILES string of the molecule is CC(=O)c1ccc(CN2CCN(C)CC2)c(Cl)c1. The Bertz CT molecular complexity index is 439. The summed E-state index contributed by atoms with van der Waals surface area (Å²) in [6.45, 7) is 6.77. The van der Waals surface area contributed by atoms with Crippen LogP contribution in [-0.4, -0.2) is 48.8 Å². The molecule has 0 bridgehead atoms. The molecule has 1 saturated heterocycles. The van der Waals surface area contributed by atoms with E-state index in [0.29, 0.717) is 10.6 Å². The number of Topliss-reactive ketones (excluding diaryl/α,β-unsaturated/α-hetero) is 1. The van der Waals surface area contributed by atoms with Gasteiger partial charge in [-0.2, -0.15) is 0 Å². The zero-order valence-electron chi connectivity index (χ0n) is 10.9. The second kappa shape index (κ2) is 5.83. The first-order valence-electron chi connectivity index (χ1n) is 6.26. The third-order valence-corrected chi connectivity index (χ3v) is 3.80. The van der Waals surface area contributed by atoms with Crippen LogP contribution in [-0.2, 0) is 6.54 Å². The first kappa shape index (κ1) is 13.5. The number of carbonyl (C=O) groups excluding carboxylic acids is 1. The Labute approximate surface area is 113 Å². The van der Waals surface area contributed by atoms with Crippen LogP contribution in [0.4, 0.5) is 0 Å². The van der Waals surface area contributed by atoms with E-state index < -0.39 is 0 Å². The standard InChI is InChI=1S/C14H19ClN2O/c1-11(18)12-3-4-13(14(15)9-12)10-17-7-5-16(2)6-8-17/h3-4,9H,5-8,10H2,1-2H3. The van der Waals surface area contributed by atoms with E-state index >= 15 is 0 Å². The third-order valence-electron chi connectivity index (χ3n) is 3.45. The van der Waals surface area contributed by atoms with E-state index in [1.807, 2.05) is 12.1 Å². The van der Waals surface area contributed by atoms with Gasteiger partial charge in [0.15, 0.2) is 5.78 Å². The Kier molecular flexibility index (Phi) is 4.38. The van der Waals surface area contributed by atoms with Gasteiger partial charge in [-0.1, -0.05) is 23.7 Å². The molecule has 4 heteroatoms. The smallest absolute Gasteiger partial charge is 0.159 e. The van der Waals surface area contributed by atoms with Crippen LogP contribution in [0.5, 0.6) is 0 Å². The van der Waals surface area contributed by atoms with Crippen molar-refractivity contribution < 1.29 is 4.79 Å². The van der Waals surface area contributed by atoms with Crippen LogP contribution in [0.25, 0.3) is 0 Å². The highest BCUT2D eigenvalue weighted by molar-refractivity contribution is 6.31. The molecule has 0 radical (unpaired) electrons. The van der Waals surface area contributed by atoms with Crippen molar-refractivity contribution in [3.63, 3.8) is 0 Å². The molecule has 0 N–H and O–H groups in total. The molecule has 0 atom stereocenters. The van der Waals surface area contributed by atoms with Crippen molar-refractivity contribution in [1.82, 2.24) is 9.80 Å². The molecule has 1 heterocycles. The number of halogens is 1. The minimum atomic E-state index is 0.0584. The molecule has 0 unspecified atom stereocenters. The average Bonchev–Trinajstić information content (AvgIpc) is 2.34. The number of piperazine rings is 1. The second-order valence-electron chi connectivity index (χ2n) is 4.94. The van der Waals surface area contributed by atoms with Crippen molar-refractivity contribution in [1.29, 1.82) is 0 Å². The lowest BCUT2D eigenvalue weighted by Gasteiger charge is -2.32. The van der Waals surface area contributed by atoms with Crippen molar-refractivity contribution in [2.45, 2.75) is 13.5 Å². The molecule has 3 nitrogen and oxygen atoms in total. The lowest BCUT2D eigenvalue weighted by atomic mass is 10.1. The van der Waals surface area contributed by atoms with Crippen molar-refractivity contribution in [2.24, 2.45) is 0 Å². The van der Waals surface area contributed by atoms with Crippen molar-refractivity contribution in [2.75, 3.05) is 33.2 Å². The highest BCUT2D eigenvalue weighted by atomic mass is 35.5. The van der Waals surface area contributed by atoms with E-state index in [4.69, 9.17) is 11.6 Å². The molecule has 0 amide bonds. The van der Waals surface area contributed by atoms with Gasteiger partial charge in [0.25, 0.3) is 0 Å². The van der Waals surface area contributed by atoms with E-state index in [-0.39, 0.29) is 5.78 Å². The quantitative estimate of drug-likeness (QED) is 0.785. The van der Waals surface area contributed by atoms with Gasteiger partial charge in [-0.3, -0.25) is 9.69 Å². The van der Waals surface area contributed by atoms with E-state index in [2.05, 4.69) is 16.8 Å². The maximum atomic E-state index is 11.3. The Morgan fingerprint density at radius 3 is 2.50 bits per heavy atom. The molecular weight excluding hydrogens is 248 g/mol. The fraction of sp³-hybridized carbons (Fsp3) is 0.500. The second-order valence-corrected chi connectivity index (χ2v) is 5.35. The highest BCUT2D eigenvalue weighted by Crippen LogP contribution is 2.20. The van der Waals surface area contributed by atoms with E-state index in [9.17, 15) is 4.79 Å². The van der Waals surface area contributed by atoms with Crippen molar-refractivity contribution in [3.05, 3.63) is 34.3 Å². The zero-order valence-corrected chi connectivity index (χ0v) is 11.7. The molecule has 1 fully saturated rings. The molecule has 1 aliphatic rings. The normalized spacial score (nSPS) is 17.9. The minimum Gasteiger partial charge on any atom is -0.304 e. The average molecular weight is 267 g/mol. The predicted molar refractivity (Wildman–Crippen MR) is 74.2 cm³/mol. The molecule has 0 aromatic heterocycles. The Balaban J connectivity index is 2.03. The number of carbonyl (C=O) groups is 1. The van der Waals surface area contributed by atoms with Crippen LogP contribution >= 0.6 is 11.6 Å². The molecule has 0 spiro atoms. The van der Waals surface area contributed by atoms with Crippen molar-refractivity contribution >= 4 is 17.4 Å². The van der Waals surface area contributed by atoms with Crippen molar-refractivity contribution in [3.8, 4) is 0 Å². The van der Waals surface area contributed by atoms with E-state index in [0.717, 1.165) is 38.3 Å². The number of nitrogens with zero attached hydrogens (tertiary/aromatic N) is 2. The molecular formula is C14H19ClN2O. The van der Waals surface area contributed by atoms with E-state index in [1.54, 1.807) is 13.0 Å². The molecule has 2 rings (SSSR count). The van der Waals surface area contributed by atoms with Gasteiger partial charge in [0.05, 0.1) is 0 Å². The van der Waals surface area contributed by atoms with Gasteiger partial charge in [-0.05, 0) is 25.6 Å². The summed E-state index contributed by atoms with van der Waals surface area (Å²) in [6, 6.07) is 5.60. The van der Waals surface area contributed by atoms with Crippen LogP contribution in [0.1, 0.15) is 22.8 Å². The van der Waals surface area contributed by atoms with Gasteiger partial charge in [0, 0.05) is 43.3 Å². The fourth-order valence-electron chi connectivity index (χ4n) is 2.14. The topological polar surface area (TPSA) is 23.6 Å². The molecule has 0 saturated carbocycles. The van der Waals surface area contributed by atoms with Crippen LogP contribution in [0.3, 0.4) is 0 Å². The first-order valence-corrected chi connectivity index (χ1v) is 6.64. The fourth-order valence-corrected chi connectivity index (χ4v) is 2.38. The summed E-state index contributed by atoms with van der Waals surface area (Å²) in [5, 5.41) is 0.696. The number of rotatable bonds is 3. The van der Waals surface area contributed by atoms with Gasteiger partial charge in [0.2, 0.25) is 0 Å². The molecule has 18 heavy (non-hydrogen) atoms. The summed E-state index contributed by atoms with van der Waals surface area (Å²) >= 11 is 6.23. The Morgan fingerprint density at radius 2 is 1.94 bits per heavy atom. The van der Waals surface area contributed by atoms with Gasteiger partial charge in [0.1, 0.15) is 0 Å². The summed E-state index contributed by atoms with van der Waals surface area (Å²) < 4.78 is 0.